The van der Waals surface area contributed by atoms with Crippen molar-refractivity contribution in [2.45, 2.75) is 18.8 Å². The highest BCUT2D eigenvalue weighted by molar-refractivity contribution is 5.95. The number of benzene rings is 1. The smallest absolute Gasteiger partial charge is 0.254 e. The number of anilines is 1. The molecule has 2 aromatic heterocycles. The molecule has 0 N–H and O–H groups in total. The summed E-state index contributed by atoms with van der Waals surface area (Å²) < 4.78 is 6.04. The van der Waals surface area contributed by atoms with E-state index in [1.54, 1.807) is 18.6 Å². The Balaban J connectivity index is 1.31. The Morgan fingerprint density at radius 2 is 1.74 bits per heavy atom. The van der Waals surface area contributed by atoms with Gasteiger partial charge in [0.2, 0.25) is 5.88 Å². The van der Waals surface area contributed by atoms with Gasteiger partial charge in [-0.2, -0.15) is 0 Å². The van der Waals surface area contributed by atoms with Crippen molar-refractivity contribution in [3.05, 3.63) is 72.3 Å². The molecule has 176 valence electrons. The van der Waals surface area contributed by atoms with Gasteiger partial charge in [0.15, 0.2) is 0 Å². The number of hydrogen-bond acceptors (Lipinski definition) is 7. The van der Waals surface area contributed by atoms with Gasteiger partial charge in [-0.25, -0.2) is 9.97 Å². The number of para-hydroxylation sites is 1. The number of ether oxygens (including phenoxy) is 1. The first-order valence-electron chi connectivity index (χ1n) is 11.9. The Hall–Kier alpha value is -3.52. The Morgan fingerprint density at radius 3 is 2.56 bits per heavy atom. The second-order valence-electron chi connectivity index (χ2n) is 8.95. The van der Waals surface area contributed by atoms with E-state index in [1.165, 1.54) is 0 Å². The second-order valence-corrected chi connectivity index (χ2v) is 8.95. The number of carbonyl (C=O) groups excluding carboxylic acids is 1. The number of rotatable bonds is 5. The fraction of sp³-hybridized carbons (Fsp3) is 0.385. The van der Waals surface area contributed by atoms with Gasteiger partial charge in [0.05, 0.1) is 0 Å². The Kier molecular flexibility index (Phi) is 6.67. The van der Waals surface area contributed by atoms with Crippen molar-refractivity contribution in [1.29, 1.82) is 0 Å². The number of pyridine rings is 1. The lowest BCUT2D eigenvalue weighted by molar-refractivity contribution is 0.0704. The zero-order valence-corrected chi connectivity index (χ0v) is 19.5. The topological polar surface area (TPSA) is 74.7 Å². The van der Waals surface area contributed by atoms with Crippen LogP contribution in [0.25, 0.3) is 0 Å². The summed E-state index contributed by atoms with van der Waals surface area (Å²) in [4.78, 5) is 33.5. The summed E-state index contributed by atoms with van der Waals surface area (Å²) in [6.07, 6.45) is 6.94. The van der Waals surface area contributed by atoms with Crippen LogP contribution in [0.2, 0.25) is 0 Å². The standard InChI is InChI=1S/C26H30N6O2/c1-30-14-16-31(17-15-30)23-18-20(9-10-27-23)26(33)32-13-5-6-21(19-32)24-25(29-12-11-28-24)34-22-7-3-2-4-8-22/h2-4,7-12,18,21H,5-6,13-17,19H2,1H3/t21-/m1/s1. The molecule has 2 fully saturated rings. The minimum absolute atomic E-state index is 0.0388. The number of nitrogens with zero attached hydrogens (tertiary/aromatic N) is 6. The van der Waals surface area contributed by atoms with Crippen LogP contribution in [-0.2, 0) is 0 Å². The largest absolute Gasteiger partial charge is 0.437 e. The third-order valence-corrected chi connectivity index (χ3v) is 6.56. The van der Waals surface area contributed by atoms with Crippen LogP contribution in [0, 0.1) is 0 Å². The van der Waals surface area contributed by atoms with E-state index < -0.39 is 0 Å². The molecule has 4 heterocycles. The van der Waals surface area contributed by atoms with Crippen LogP contribution in [0.5, 0.6) is 11.6 Å². The minimum atomic E-state index is 0.0388. The summed E-state index contributed by atoms with van der Waals surface area (Å²) in [6.45, 7) is 5.16. The van der Waals surface area contributed by atoms with Crippen LogP contribution >= 0.6 is 0 Å². The lowest BCUT2D eigenvalue weighted by atomic mass is 9.94. The number of likely N-dealkylation sites (N-methyl/N-ethyl adjacent to an activating group) is 1. The predicted octanol–water partition coefficient (Wildman–Crippen LogP) is 3.44. The molecule has 0 unspecified atom stereocenters. The van der Waals surface area contributed by atoms with Gasteiger partial charge in [-0.1, -0.05) is 18.2 Å². The molecule has 0 saturated carbocycles. The molecule has 2 aliphatic heterocycles. The molecule has 3 aromatic rings. The molecule has 1 aromatic carbocycles. The third-order valence-electron chi connectivity index (χ3n) is 6.56. The van der Waals surface area contributed by atoms with Crippen molar-refractivity contribution in [3.8, 4) is 11.6 Å². The lowest BCUT2D eigenvalue weighted by Gasteiger charge is -2.34. The number of carbonyl (C=O) groups is 1. The highest BCUT2D eigenvalue weighted by Crippen LogP contribution is 2.33. The van der Waals surface area contributed by atoms with Gasteiger partial charge in [0, 0.05) is 69.3 Å². The maximum atomic E-state index is 13.4. The zero-order chi connectivity index (χ0) is 23.3. The van der Waals surface area contributed by atoms with Crippen molar-refractivity contribution in [3.63, 3.8) is 0 Å². The molecule has 5 rings (SSSR count). The Bertz CT molecular complexity index is 1120. The van der Waals surface area contributed by atoms with E-state index in [-0.39, 0.29) is 11.8 Å². The quantitative estimate of drug-likeness (QED) is 0.580. The molecule has 1 amide bonds. The molecular formula is C26H30N6O2. The predicted molar refractivity (Wildman–Crippen MR) is 130 cm³/mol. The van der Waals surface area contributed by atoms with Crippen molar-refractivity contribution in [2.24, 2.45) is 0 Å². The van der Waals surface area contributed by atoms with Crippen LogP contribution in [0.15, 0.2) is 61.1 Å². The summed E-state index contributed by atoms with van der Waals surface area (Å²) in [6, 6.07) is 13.4. The van der Waals surface area contributed by atoms with Crippen molar-refractivity contribution < 1.29 is 9.53 Å². The summed E-state index contributed by atoms with van der Waals surface area (Å²) in [5.41, 5.74) is 1.49. The fourth-order valence-corrected chi connectivity index (χ4v) is 4.62. The number of piperidine rings is 1. The van der Waals surface area contributed by atoms with E-state index in [1.807, 2.05) is 47.4 Å². The summed E-state index contributed by atoms with van der Waals surface area (Å²) >= 11 is 0. The van der Waals surface area contributed by atoms with E-state index in [4.69, 9.17) is 4.74 Å². The fourth-order valence-electron chi connectivity index (χ4n) is 4.62. The van der Waals surface area contributed by atoms with Crippen LogP contribution in [0.1, 0.15) is 34.8 Å². The molecule has 1 atom stereocenters. The minimum Gasteiger partial charge on any atom is -0.437 e. The molecule has 2 aliphatic rings. The highest BCUT2D eigenvalue weighted by atomic mass is 16.5. The Labute approximate surface area is 200 Å². The van der Waals surface area contributed by atoms with E-state index in [2.05, 4.69) is 31.8 Å². The number of likely N-dealkylation sites (tertiary alicyclic amines) is 1. The molecule has 0 bridgehead atoms. The maximum Gasteiger partial charge on any atom is 0.254 e. The molecule has 0 aliphatic carbocycles. The molecule has 34 heavy (non-hydrogen) atoms. The normalized spacial score (nSPS) is 19.1. The SMILES string of the molecule is CN1CCN(c2cc(C(=O)N3CCC[C@@H](c4nccnc4Oc4ccccc4)C3)ccn2)CC1. The van der Waals surface area contributed by atoms with E-state index in [0.29, 0.717) is 18.0 Å². The van der Waals surface area contributed by atoms with E-state index >= 15 is 0 Å². The lowest BCUT2D eigenvalue weighted by Crippen LogP contribution is -2.45. The first-order chi connectivity index (χ1) is 16.7. The summed E-state index contributed by atoms with van der Waals surface area (Å²) in [5.74, 6) is 2.22. The van der Waals surface area contributed by atoms with Gasteiger partial charge >= 0.3 is 0 Å². The number of amides is 1. The first kappa shape index (κ1) is 22.3. The van der Waals surface area contributed by atoms with E-state index in [9.17, 15) is 4.79 Å². The summed E-state index contributed by atoms with van der Waals surface area (Å²) in [7, 11) is 2.13. The monoisotopic (exact) mass is 458 g/mol. The molecule has 8 nitrogen and oxygen atoms in total. The van der Waals surface area contributed by atoms with Gasteiger partial charge in [-0.05, 0) is 44.2 Å². The van der Waals surface area contributed by atoms with Crippen molar-refractivity contribution in [1.82, 2.24) is 24.8 Å². The number of aromatic nitrogens is 3. The van der Waals surface area contributed by atoms with Crippen molar-refractivity contribution >= 4 is 11.7 Å². The second kappa shape index (κ2) is 10.2. The van der Waals surface area contributed by atoms with Gasteiger partial charge in [-0.3, -0.25) is 9.78 Å². The third kappa shape index (κ3) is 5.02. The molecular weight excluding hydrogens is 428 g/mol. The van der Waals surface area contributed by atoms with Crippen molar-refractivity contribution in [2.75, 3.05) is 51.2 Å². The molecule has 0 radical (unpaired) electrons. The van der Waals surface area contributed by atoms with Crippen LogP contribution in [0.4, 0.5) is 5.82 Å². The first-order valence-corrected chi connectivity index (χ1v) is 11.9. The Morgan fingerprint density at radius 1 is 0.941 bits per heavy atom. The summed E-state index contributed by atoms with van der Waals surface area (Å²) in [5, 5.41) is 0. The van der Waals surface area contributed by atoms with Gasteiger partial charge in [0.1, 0.15) is 17.3 Å². The van der Waals surface area contributed by atoms with E-state index in [0.717, 1.165) is 62.8 Å². The average molecular weight is 459 g/mol. The highest BCUT2D eigenvalue weighted by Gasteiger charge is 2.29. The van der Waals surface area contributed by atoms with Gasteiger partial charge < -0.3 is 19.4 Å². The van der Waals surface area contributed by atoms with Crippen LogP contribution in [0.3, 0.4) is 0 Å². The molecule has 8 heteroatoms. The molecule has 0 spiro atoms. The van der Waals surface area contributed by atoms with Crippen LogP contribution in [-0.4, -0.2) is 77.0 Å². The number of piperazine rings is 1. The van der Waals surface area contributed by atoms with Gasteiger partial charge in [-0.15, -0.1) is 0 Å². The maximum absolute atomic E-state index is 13.4. The number of hydrogen-bond donors (Lipinski definition) is 0. The zero-order valence-electron chi connectivity index (χ0n) is 19.5. The van der Waals surface area contributed by atoms with Gasteiger partial charge in [0.25, 0.3) is 5.91 Å². The average Bonchev–Trinajstić information content (AvgIpc) is 2.90. The molecule has 2 saturated heterocycles. The van der Waals surface area contributed by atoms with Crippen LogP contribution < -0.4 is 9.64 Å².